The molecule has 0 saturated heterocycles. The minimum absolute atomic E-state index is 0. The minimum atomic E-state index is -0.0305. The van der Waals surface area contributed by atoms with E-state index in [2.05, 4.69) is 6.07 Å². The maximum absolute atomic E-state index is 11.6. The molecule has 1 aromatic carbocycles. The maximum Gasteiger partial charge on any atom is 0.194 e. The zero-order chi connectivity index (χ0) is 13.1. The van der Waals surface area contributed by atoms with Crippen molar-refractivity contribution in [2.24, 2.45) is 7.05 Å². The third-order valence-electron chi connectivity index (χ3n) is 2.88. The predicted molar refractivity (Wildman–Crippen MR) is 71.9 cm³/mol. The van der Waals surface area contributed by atoms with Crippen LogP contribution in [0.5, 0.6) is 5.75 Å². The van der Waals surface area contributed by atoms with Gasteiger partial charge in [0, 0.05) is 39.8 Å². The van der Waals surface area contributed by atoms with Crippen molar-refractivity contribution >= 4 is 0 Å². The molecule has 0 amide bonds. The molecular weight excluding hydrogens is 315 g/mol. The van der Waals surface area contributed by atoms with Gasteiger partial charge in [0.1, 0.15) is 5.75 Å². The molecule has 3 nitrogen and oxygen atoms in total. The Labute approximate surface area is 138 Å². The van der Waals surface area contributed by atoms with E-state index in [0.717, 1.165) is 22.6 Å². The first kappa shape index (κ1) is 16.1. The van der Waals surface area contributed by atoms with Crippen LogP contribution in [0.2, 0.25) is 0 Å². The molecule has 0 saturated carbocycles. The molecule has 0 aliphatic carbocycles. The normalized spacial score (nSPS) is 9.84. The van der Waals surface area contributed by atoms with Crippen molar-refractivity contribution in [1.29, 1.82) is 0 Å². The second kappa shape index (κ2) is 7.02. The number of hydrogen-bond donors (Lipinski definition) is 0. The van der Waals surface area contributed by atoms with Gasteiger partial charge in [0.15, 0.2) is 5.56 Å². The van der Waals surface area contributed by atoms with Gasteiger partial charge in [0.2, 0.25) is 0 Å². The van der Waals surface area contributed by atoms with Gasteiger partial charge in [0.05, 0.1) is 6.61 Å². The van der Waals surface area contributed by atoms with Crippen LogP contribution in [-0.4, -0.2) is 11.2 Å². The molecule has 0 bridgehead atoms. The Hall–Kier alpha value is -0.926. The first-order valence-electron chi connectivity index (χ1n) is 5.95. The first-order valence-corrected chi connectivity index (χ1v) is 5.95. The molecule has 0 aliphatic heterocycles. The molecule has 0 atom stereocenters. The van der Waals surface area contributed by atoms with Gasteiger partial charge in [-0.1, -0.05) is 29.8 Å². The number of ether oxygens (including phenoxy) is 1. The first-order chi connectivity index (χ1) is 8.63. The van der Waals surface area contributed by atoms with Crippen molar-refractivity contribution in [2.75, 3.05) is 6.61 Å². The number of aromatic nitrogens is 1. The smallest absolute Gasteiger partial charge is 0.194 e. The van der Waals surface area contributed by atoms with E-state index in [1.807, 2.05) is 32.0 Å². The molecule has 0 aliphatic rings. The molecule has 97 valence electrons. The van der Waals surface area contributed by atoms with Crippen molar-refractivity contribution in [3.63, 3.8) is 0 Å². The number of pyridine rings is 1. The van der Waals surface area contributed by atoms with Crippen molar-refractivity contribution in [2.45, 2.75) is 13.8 Å². The fraction of sp³-hybridized carbons (Fsp3) is 0.267. The Morgan fingerprint density at radius 3 is 2.68 bits per heavy atom. The average Bonchev–Trinajstić information content (AvgIpc) is 2.34. The molecular formula is C15H16NO2Y-. The summed E-state index contributed by atoms with van der Waals surface area (Å²) in [5.41, 5.74) is 2.83. The van der Waals surface area contributed by atoms with Crippen LogP contribution < -0.4 is 10.3 Å². The zero-order valence-corrected chi connectivity index (χ0v) is 14.3. The summed E-state index contributed by atoms with van der Waals surface area (Å²) < 4.78 is 7.05. The van der Waals surface area contributed by atoms with Crippen LogP contribution >= 0.6 is 0 Å². The summed E-state index contributed by atoms with van der Waals surface area (Å²) >= 11 is 0. The Kier molecular flexibility index (Phi) is 5.96. The Morgan fingerprint density at radius 1 is 1.32 bits per heavy atom. The maximum atomic E-state index is 11.6. The van der Waals surface area contributed by atoms with E-state index in [1.54, 1.807) is 17.7 Å². The molecule has 1 heterocycles. The molecule has 0 spiro atoms. The van der Waals surface area contributed by atoms with Gasteiger partial charge in [0.25, 0.3) is 0 Å². The topological polar surface area (TPSA) is 31.2 Å². The molecule has 0 fully saturated rings. The van der Waals surface area contributed by atoms with Crippen LogP contribution in [0.15, 0.2) is 35.1 Å². The number of rotatable bonds is 3. The van der Waals surface area contributed by atoms with Crippen LogP contribution in [0, 0.1) is 13.0 Å². The monoisotopic (exact) mass is 331 g/mol. The van der Waals surface area contributed by atoms with Crippen molar-refractivity contribution in [1.82, 2.24) is 4.57 Å². The van der Waals surface area contributed by atoms with Gasteiger partial charge in [-0.3, -0.25) is 4.79 Å². The van der Waals surface area contributed by atoms with E-state index in [9.17, 15) is 4.79 Å². The summed E-state index contributed by atoms with van der Waals surface area (Å²) in [7, 11) is 1.75. The quantitative estimate of drug-likeness (QED) is 0.810. The largest absolute Gasteiger partial charge is 0.494 e. The fourth-order valence-electron chi connectivity index (χ4n) is 1.93. The fourth-order valence-corrected chi connectivity index (χ4v) is 1.93. The molecule has 0 unspecified atom stereocenters. The molecule has 1 aromatic heterocycles. The molecule has 1 radical (unpaired) electrons. The van der Waals surface area contributed by atoms with E-state index in [1.165, 1.54) is 6.07 Å². The summed E-state index contributed by atoms with van der Waals surface area (Å²) in [6, 6.07) is 12.1. The van der Waals surface area contributed by atoms with Crippen LogP contribution in [0.25, 0.3) is 11.3 Å². The third kappa shape index (κ3) is 3.55. The average molecular weight is 331 g/mol. The zero-order valence-electron chi connectivity index (χ0n) is 11.4. The standard InChI is InChI=1S/C15H16NO2.Y/c1-4-18-12-8-9-13(11(2)10-12)14-6-5-7-15(17)16(14)3;/h5,7-10H,4H2,1-3H3;/q-1;. The second-order valence-corrected chi connectivity index (χ2v) is 4.13. The van der Waals surface area contributed by atoms with E-state index in [-0.39, 0.29) is 38.3 Å². The van der Waals surface area contributed by atoms with E-state index in [0.29, 0.717) is 6.61 Å². The van der Waals surface area contributed by atoms with E-state index >= 15 is 0 Å². The van der Waals surface area contributed by atoms with Crippen LogP contribution in [0.4, 0.5) is 0 Å². The Bertz CT molecular complexity index is 620. The summed E-state index contributed by atoms with van der Waals surface area (Å²) in [6.45, 7) is 4.61. The van der Waals surface area contributed by atoms with Gasteiger partial charge in [-0.25, -0.2) is 0 Å². The summed E-state index contributed by atoms with van der Waals surface area (Å²) in [5.74, 6) is 0.847. The number of nitrogens with zero attached hydrogens (tertiary/aromatic N) is 1. The minimum Gasteiger partial charge on any atom is -0.494 e. The SMILES string of the molecule is CCOc1ccc(-c2[c-]ccc(=O)n2C)c(C)c1.[Y]. The Balaban J connectivity index is 0.00000180. The van der Waals surface area contributed by atoms with Crippen LogP contribution in [-0.2, 0) is 39.8 Å². The molecule has 2 aromatic rings. The second-order valence-electron chi connectivity index (χ2n) is 4.13. The van der Waals surface area contributed by atoms with Gasteiger partial charge in [-0.05, 0) is 19.1 Å². The number of benzene rings is 1. The number of aryl methyl sites for hydroxylation is 1. The van der Waals surface area contributed by atoms with Crippen LogP contribution in [0.1, 0.15) is 12.5 Å². The van der Waals surface area contributed by atoms with E-state index < -0.39 is 0 Å². The van der Waals surface area contributed by atoms with Crippen molar-refractivity contribution in [3.05, 3.63) is 52.3 Å². The van der Waals surface area contributed by atoms with Gasteiger partial charge in [-0.2, -0.15) is 12.1 Å². The summed E-state index contributed by atoms with van der Waals surface area (Å²) in [4.78, 5) is 11.6. The van der Waals surface area contributed by atoms with Crippen molar-refractivity contribution < 1.29 is 37.4 Å². The molecule has 19 heavy (non-hydrogen) atoms. The van der Waals surface area contributed by atoms with Gasteiger partial charge in [-0.15, -0.1) is 6.07 Å². The van der Waals surface area contributed by atoms with Gasteiger partial charge < -0.3 is 9.30 Å². The molecule has 0 N–H and O–H groups in total. The molecule has 2 rings (SSSR count). The van der Waals surface area contributed by atoms with Crippen LogP contribution in [0.3, 0.4) is 0 Å². The third-order valence-corrected chi connectivity index (χ3v) is 2.88. The summed E-state index contributed by atoms with van der Waals surface area (Å²) in [6.07, 6.45) is 0. The van der Waals surface area contributed by atoms with E-state index in [4.69, 9.17) is 4.74 Å². The Morgan fingerprint density at radius 2 is 2.05 bits per heavy atom. The number of hydrogen-bond acceptors (Lipinski definition) is 2. The molecule has 4 heteroatoms. The van der Waals surface area contributed by atoms with Gasteiger partial charge >= 0.3 is 0 Å². The predicted octanol–water partition coefficient (Wildman–Crippen LogP) is 2.56. The van der Waals surface area contributed by atoms with Crippen molar-refractivity contribution in [3.8, 4) is 17.0 Å². The summed E-state index contributed by atoms with van der Waals surface area (Å²) in [5, 5.41) is 0.